The van der Waals surface area contributed by atoms with Gasteiger partial charge in [-0.3, -0.25) is 0 Å². The molecule has 0 atom stereocenters. The fourth-order valence-corrected chi connectivity index (χ4v) is 2.47. The zero-order chi connectivity index (χ0) is 16.3. The van der Waals surface area contributed by atoms with Crippen molar-refractivity contribution in [2.75, 3.05) is 11.1 Å². The molecule has 0 aliphatic carbocycles. The van der Waals surface area contributed by atoms with Gasteiger partial charge in [-0.2, -0.15) is 4.98 Å². The third-order valence-corrected chi connectivity index (χ3v) is 3.78. The van der Waals surface area contributed by atoms with Crippen LogP contribution in [0.2, 0.25) is 0 Å². The van der Waals surface area contributed by atoms with Crippen LogP contribution in [0.5, 0.6) is 0 Å². The van der Waals surface area contributed by atoms with Crippen molar-refractivity contribution in [3.8, 4) is 0 Å². The number of nitrogens with one attached hydrogen (secondary N) is 1. The van der Waals surface area contributed by atoms with Gasteiger partial charge in [0.15, 0.2) is 0 Å². The van der Waals surface area contributed by atoms with Gasteiger partial charge in [0.05, 0.1) is 4.90 Å². The molecule has 1 aromatic heterocycles. The summed E-state index contributed by atoms with van der Waals surface area (Å²) in [6.07, 6.45) is 0.797. The first-order valence-electron chi connectivity index (χ1n) is 6.77. The predicted molar refractivity (Wildman–Crippen MR) is 86.1 cm³/mol. The van der Waals surface area contributed by atoms with Crippen LogP contribution in [0.1, 0.15) is 19.5 Å². The number of nitrogens with zero attached hydrogens (tertiary/aromatic N) is 2. The van der Waals surface area contributed by atoms with Crippen molar-refractivity contribution >= 4 is 27.5 Å². The molecule has 7 nitrogen and oxygen atoms in total. The molecule has 0 fully saturated rings. The maximum atomic E-state index is 11.2. The summed E-state index contributed by atoms with van der Waals surface area (Å²) in [5, 5.41) is 8.06. The fourth-order valence-electron chi connectivity index (χ4n) is 1.95. The standard InChI is InChI=1S/C14H19N5O2S/c1-9(2)7-11-8-13(15)19-14(18-11)17-10-3-5-12(6-4-10)22(16,20)21/h3-6,8-9H,7H2,1-2H3,(H2,16,20,21)(H3,15,17,18,19). The van der Waals surface area contributed by atoms with E-state index in [1.54, 1.807) is 18.2 Å². The van der Waals surface area contributed by atoms with Crippen LogP contribution in [-0.4, -0.2) is 18.4 Å². The first kappa shape index (κ1) is 16.2. The van der Waals surface area contributed by atoms with Crippen LogP contribution in [0.3, 0.4) is 0 Å². The number of nitrogen functional groups attached to an aromatic ring is 1. The van der Waals surface area contributed by atoms with Crippen LogP contribution in [0.15, 0.2) is 35.2 Å². The highest BCUT2D eigenvalue weighted by Crippen LogP contribution is 2.18. The Bertz CT molecular complexity index is 757. The normalized spacial score (nSPS) is 11.6. The summed E-state index contributed by atoms with van der Waals surface area (Å²) in [7, 11) is -3.70. The highest BCUT2D eigenvalue weighted by molar-refractivity contribution is 7.89. The van der Waals surface area contributed by atoms with E-state index in [4.69, 9.17) is 10.9 Å². The van der Waals surface area contributed by atoms with E-state index in [-0.39, 0.29) is 4.90 Å². The number of aromatic nitrogens is 2. The number of primary sulfonamides is 1. The van der Waals surface area contributed by atoms with Crippen LogP contribution < -0.4 is 16.2 Å². The Kier molecular flexibility index (Phi) is 4.62. The van der Waals surface area contributed by atoms with Crippen molar-refractivity contribution in [2.24, 2.45) is 11.1 Å². The van der Waals surface area contributed by atoms with Gasteiger partial charge in [-0.1, -0.05) is 13.8 Å². The molecule has 0 aliphatic heterocycles. The van der Waals surface area contributed by atoms with Crippen LogP contribution in [0.4, 0.5) is 17.5 Å². The van der Waals surface area contributed by atoms with Gasteiger partial charge in [0, 0.05) is 17.4 Å². The molecule has 0 radical (unpaired) electrons. The molecule has 0 bridgehead atoms. The Labute approximate surface area is 129 Å². The summed E-state index contributed by atoms with van der Waals surface area (Å²) in [6.45, 7) is 4.19. The Morgan fingerprint density at radius 3 is 2.36 bits per heavy atom. The van der Waals surface area contributed by atoms with E-state index in [0.29, 0.717) is 23.4 Å². The highest BCUT2D eigenvalue weighted by atomic mass is 32.2. The van der Waals surface area contributed by atoms with Gasteiger partial charge < -0.3 is 11.1 Å². The van der Waals surface area contributed by atoms with Crippen molar-refractivity contribution in [3.05, 3.63) is 36.0 Å². The maximum absolute atomic E-state index is 11.2. The van der Waals surface area contributed by atoms with Gasteiger partial charge in [-0.15, -0.1) is 0 Å². The van der Waals surface area contributed by atoms with Gasteiger partial charge in [0.25, 0.3) is 0 Å². The molecule has 2 aromatic rings. The van der Waals surface area contributed by atoms with E-state index >= 15 is 0 Å². The average molecular weight is 321 g/mol. The van der Waals surface area contributed by atoms with Crippen molar-refractivity contribution < 1.29 is 8.42 Å². The number of rotatable bonds is 5. The van der Waals surface area contributed by atoms with Crippen molar-refractivity contribution in [1.82, 2.24) is 9.97 Å². The lowest BCUT2D eigenvalue weighted by Gasteiger charge is -2.09. The number of anilines is 3. The lowest BCUT2D eigenvalue weighted by atomic mass is 10.1. The van der Waals surface area contributed by atoms with Gasteiger partial charge in [-0.05, 0) is 36.6 Å². The summed E-state index contributed by atoms with van der Waals surface area (Å²) < 4.78 is 22.4. The fraction of sp³-hybridized carbons (Fsp3) is 0.286. The SMILES string of the molecule is CC(C)Cc1cc(N)nc(Nc2ccc(S(N)(=O)=O)cc2)n1. The minimum absolute atomic E-state index is 0.0482. The lowest BCUT2D eigenvalue weighted by molar-refractivity contribution is 0.598. The maximum Gasteiger partial charge on any atom is 0.238 e. The zero-order valence-corrected chi connectivity index (χ0v) is 13.3. The van der Waals surface area contributed by atoms with Crippen LogP contribution in [0, 0.1) is 5.92 Å². The third kappa shape index (κ3) is 4.40. The van der Waals surface area contributed by atoms with Crippen LogP contribution in [0.25, 0.3) is 0 Å². The van der Waals surface area contributed by atoms with E-state index in [1.165, 1.54) is 12.1 Å². The van der Waals surface area contributed by atoms with E-state index in [0.717, 1.165) is 12.1 Å². The summed E-state index contributed by atoms with van der Waals surface area (Å²) in [4.78, 5) is 8.56. The molecule has 22 heavy (non-hydrogen) atoms. The van der Waals surface area contributed by atoms with Gasteiger partial charge >= 0.3 is 0 Å². The third-order valence-electron chi connectivity index (χ3n) is 2.86. The Morgan fingerprint density at radius 2 is 1.82 bits per heavy atom. The van der Waals surface area contributed by atoms with Crippen LogP contribution >= 0.6 is 0 Å². The van der Waals surface area contributed by atoms with E-state index < -0.39 is 10.0 Å². The quantitative estimate of drug-likeness (QED) is 0.769. The number of hydrogen-bond acceptors (Lipinski definition) is 6. The second-order valence-corrected chi connectivity index (χ2v) is 6.96. The Morgan fingerprint density at radius 1 is 1.18 bits per heavy atom. The predicted octanol–water partition coefficient (Wildman–Crippen LogP) is 1.65. The molecule has 5 N–H and O–H groups in total. The summed E-state index contributed by atoms with van der Waals surface area (Å²) in [5.41, 5.74) is 7.28. The van der Waals surface area contributed by atoms with E-state index in [1.807, 2.05) is 0 Å². The van der Waals surface area contributed by atoms with Crippen molar-refractivity contribution in [2.45, 2.75) is 25.2 Å². The number of benzene rings is 1. The topological polar surface area (TPSA) is 124 Å². The average Bonchev–Trinajstić information content (AvgIpc) is 2.36. The highest BCUT2D eigenvalue weighted by Gasteiger charge is 2.08. The molecule has 0 unspecified atom stereocenters. The Balaban J connectivity index is 2.21. The lowest BCUT2D eigenvalue weighted by Crippen LogP contribution is -2.12. The summed E-state index contributed by atoms with van der Waals surface area (Å²) >= 11 is 0. The van der Waals surface area contributed by atoms with Crippen molar-refractivity contribution in [1.29, 1.82) is 0 Å². The molecule has 0 aliphatic rings. The minimum atomic E-state index is -3.70. The monoisotopic (exact) mass is 321 g/mol. The number of nitrogens with two attached hydrogens (primary N) is 2. The number of sulfonamides is 1. The van der Waals surface area contributed by atoms with Gasteiger partial charge in [0.2, 0.25) is 16.0 Å². The smallest absolute Gasteiger partial charge is 0.238 e. The molecule has 0 saturated carbocycles. The first-order chi connectivity index (χ1) is 10.2. The largest absolute Gasteiger partial charge is 0.384 e. The summed E-state index contributed by atoms with van der Waals surface area (Å²) in [6, 6.07) is 7.76. The van der Waals surface area contributed by atoms with Crippen molar-refractivity contribution in [3.63, 3.8) is 0 Å². The second kappa shape index (κ2) is 6.29. The molecule has 1 aromatic carbocycles. The molecule has 1 heterocycles. The minimum Gasteiger partial charge on any atom is -0.384 e. The molecule has 0 saturated heterocycles. The van der Waals surface area contributed by atoms with Gasteiger partial charge in [-0.25, -0.2) is 18.5 Å². The number of hydrogen-bond donors (Lipinski definition) is 3. The van der Waals surface area contributed by atoms with E-state index in [9.17, 15) is 8.42 Å². The zero-order valence-electron chi connectivity index (χ0n) is 12.4. The van der Waals surface area contributed by atoms with Gasteiger partial charge in [0.1, 0.15) is 5.82 Å². The molecule has 0 amide bonds. The molecule has 2 rings (SSSR count). The van der Waals surface area contributed by atoms with Crippen LogP contribution in [-0.2, 0) is 16.4 Å². The Hall–Kier alpha value is -2.19. The summed E-state index contributed by atoms with van der Waals surface area (Å²) in [5.74, 6) is 1.21. The molecule has 8 heteroatoms. The second-order valence-electron chi connectivity index (χ2n) is 5.40. The molecular weight excluding hydrogens is 302 g/mol. The first-order valence-corrected chi connectivity index (χ1v) is 8.32. The molecule has 0 spiro atoms. The molecule has 118 valence electrons. The van der Waals surface area contributed by atoms with E-state index in [2.05, 4.69) is 29.1 Å². The molecular formula is C14H19N5O2S.